The van der Waals surface area contributed by atoms with Crippen LogP contribution in [0.1, 0.15) is 5.82 Å². The van der Waals surface area contributed by atoms with Crippen LogP contribution in [0.25, 0.3) is 11.0 Å². The van der Waals surface area contributed by atoms with Gasteiger partial charge in [0.05, 0.1) is 6.20 Å². The second-order valence-corrected chi connectivity index (χ2v) is 2.66. The van der Waals surface area contributed by atoms with Gasteiger partial charge >= 0.3 is 0 Å². The molecule has 0 aliphatic carbocycles. The van der Waals surface area contributed by atoms with Crippen molar-refractivity contribution >= 4 is 16.9 Å². The van der Waals surface area contributed by atoms with Crippen molar-refractivity contribution in [3.63, 3.8) is 0 Å². The Kier molecular flexibility index (Phi) is 1.27. The molecule has 0 unspecified atom stereocenters. The van der Waals surface area contributed by atoms with Crippen LogP contribution >= 0.6 is 0 Å². The SMILES string of the molecule is Cc1ncc2c(n1)c(N)nn2C. The van der Waals surface area contributed by atoms with Crippen molar-refractivity contribution < 1.29 is 0 Å². The summed E-state index contributed by atoms with van der Waals surface area (Å²) in [5.74, 6) is 1.17. The van der Waals surface area contributed by atoms with Crippen LogP contribution in [0, 0.1) is 6.92 Å². The molecule has 12 heavy (non-hydrogen) atoms. The minimum Gasteiger partial charge on any atom is -0.380 e. The molecule has 2 aromatic heterocycles. The molecule has 0 saturated carbocycles. The molecule has 2 heterocycles. The van der Waals surface area contributed by atoms with Gasteiger partial charge in [-0.2, -0.15) is 5.10 Å². The Balaban J connectivity index is 2.90. The first-order valence-corrected chi connectivity index (χ1v) is 3.60. The molecule has 5 heteroatoms. The van der Waals surface area contributed by atoms with Gasteiger partial charge in [-0.3, -0.25) is 4.68 Å². The van der Waals surface area contributed by atoms with Crippen LogP contribution in [-0.2, 0) is 7.05 Å². The van der Waals surface area contributed by atoms with Crippen molar-refractivity contribution in [2.24, 2.45) is 7.05 Å². The molecule has 5 nitrogen and oxygen atoms in total. The van der Waals surface area contributed by atoms with Crippen LogP contribution < -0.4 is 5.73 Å². The highest BCUT2D eigenvalue weighted by Crippen LogP contribution is 2.15. The van der Waals surface area contributed by atoms with Crippen LogP contribution in [0.4, 0.5) is 5.82 Å². The van der Waals surface area contributed by atoms with E-state index in [0.717, 1.165) is 11.0 Å². The fourth-order valence-corrected chi connectivity index (χ4v) is 1.15. The van der Waals surface area contributed by atoms with Crippen LogP contribution in [0.3, 0.4) is 0 Å². The Morgan fingerprint density at radius 2 is 2.25 bits per heavy atom. The zero-order valence-electron chi connectivity index (χ0n) is 6.94. The summed E-state index contributed by atoms with van der Waals surface area (Å²) >= 11 is 0. The van der Waals surface area contributed by atoms with E-state index in [2.05, 4.69) is 15.1 Å². The minimum absolute atomic E-state index is 0.456. The van der Waals surface area contributed by atoms with Gasteiger partial charge < -0.3 is 5.73 Å². The van der Waals surface area contributed by atoms with E-state index in [9.17, 15) is 0 Å². The summed E-state index contributed by atoms with van der Waals surface area (Å²) in [5.41, 5.74) is 7.21. The average Bonchev–Trinajstić information content (AvgIpc) is 2.28. The fraction of sp³-hybridized carbons (Fsp3) is 0.286. The Hall–Kier alpha value is -1.65. The first-order chi connectivity index (χ1) is 5.68. The van der Waals surface area contributed by atoms with E-state index in [4.69, 9.17) is 5.73 Å². The number of hydrogen-bond donors (Lipinski definition) is 1. The fourth-order valence-electron chi connectivity index (χ4n) is 1.15. The summed E-state index contributed by atoms with van der Waals surface area (Å²) in [4.78, 5) is 8.23. The number of hydrogen-bond acceptors (Lipinski definition) is 4. The van der Waals surface area contributed by atoms with Crippen molar-refractivity contribution in [1.29, 1.82) is 0 Å². The number of nitrogens with two attached hydrogens (primary N) is 1. The van der Waals surface area contributed by atoms with Crippen molar-refractivity contribution in [1.82, 2.24) is 19.7 Å². The van der Waals surface area contributed by atoms with Gasteiger partial charge in [0.25, 0.3) is 0 Å². The van der Waals surface area contributed by atoms with Gasteiger partial charge in [0.1, 0.15) is 16.9 Å². The molecular weight excluding hydrogens is 154 g/mol. The molecule has 0 radical (unpaired) electrons. The number of aromatic nitrogens is 4. The molecule has 2 rings (SSSR count). The summed E-state index contributed by atoms with van der Waals surface area (Å²) in [5, 5.41) is 4.02. The van der Waals surface area contributed by atoms with Gasteiger partial charge in [-0.05, 0) is 6.92 Å². The Labute approximate surface area is 69.2 Å². The van der Waals surface area contributed by atoms with E-state index in [1.807, 2.05) is 14.0 Å². The predicted molar refractivity (Wildman–Crippen MR) is 45.5 cm³/mol. The van der Waals surface area contributed by atoms with Gasteiger partial charge in [-0.15, -0.1) is 0 Å². The molecule has 0 fully saturated rings. The van der Waals surface area contributed by atoms with Crippen LogP contribution in [0.5, 0.6) is 0 Å². The molecule has 2 aromatic rings. The van der Waals surface area contributed by atoms with Gasteiger partial charge in [0.15, 0.2) is 5.82 Å². The summed E-state index contributed by atoms with van der Waals surface area (Å²) in [6, 6.07) is 0. The molecule has 0 atom stereocenters. The monoisotopic (exact) mass is 163 g/mol. The lowest BCUT2D eigenvalue weighted by Gasteiger charge is -1.92. The zero-order chi connectivity index (χ0) is 8.72. The maximum Gasteiger partial charge on any atom is 0.172 e. The molecule has 0 aliphatic rings. The zero-order valence-corrected chi connectivity index (χ0v) is 6.94. The van der Waals surface area contributed by atoms with Crippen molar-refractivity contribution in [2.75, 3.05) is 5.73 Å². The third-order valence-electron chi connectivity index (χ3n) is 1.74. The number of rotatable bonds is 0. The first-order valence-electron chi connectivity index (χ1n) is 3.60. The third-order valence-corrected chi connectivity index (χ3v) is 1.74. The van der Waals surface area contributed by atoms with Gasteiger partial charge in [-0.1, -0.05) is 0 Å². The molecule has 62 valence electrons. The number of anilines is 1. The topological polar surface area (TPSA) is 69.6 Å². The van der Waals surface area contributed by atoms with Crippen LogP contribution in [0.15, 0.2) is 6.20 Å². The number of nitrogens with zero attached hydrogens (tertiary/aromatic N) is 4. The largest absolute Gasteiger partial charge is 0.380 e. The average molecular weight is 163 g/mol. The Bertz CT molecular complexity index is 431. The smallest absolute Gasteiger partial charge is 0.172 e. The first kappa shape index (κ1) is 7.02. The van der Waals surface area contributed by atoms with Crippen molar-refractivity contribution in [3.8, 4) is 0 Å². The normalized spacial score (nSPS) is 10.8. The summed E-state index contributed by atoms with van der Waals surface area (Å²) in [6.07, 6.45) is 1.72. The van der Waals surface area contributed by atoms with E-state index in [0.29, 0.717) is 11.6 Å². The number of aryl methyl sites for hydroxylation is 2. The van der Waals surface area contributed by atoms with E-state index in [-0.39, 0.29) is 0 Å². The lowest BCUT2D eigenvalue weighted by atomic mass is 10.4. The third kappa shape index (κ3) is 0.827. The summed E-state index contributed by atoms with van der Waals surface area (Å²) < 4.78 is 1.67. The van der Waals surface area contributed by atoms with Crippen LogP contribution in [0.2, 0.25) is 0 Å². The highest BCUT2D eigenvalue weighted by atomic mass is 15.3. The molecular formula is C7H9N5. The van der Waals surface area contributed by atoms with Gasteiger partial charge in [0.2, 0.25) is 0 Å². The molecule has 0 bridgehead atoms. The summed E-state index contributed by atoms with van der Waals surface area (Å²) in [6.45, 7) is 1.83. The lowest BCUT2D eigenvalue weighted by molar-refractivity contribution is 0.799. The number of nitrogen functional groups attached to an aromatic ring is 1. The van der Waals surface area contributed by atoms with E-state index in [1.165, 1.54) is 0 Å². The maximum absolute atomic E-state index is 5.62. The highest BCUT2D eigenvalue weighted by molar-refractivity contribution is 5.84. The molecule has 2 N–H and O–H groups in total. The van der Waals surface area contributed by atoms with Crippen LogP contribution in [-0.4, -0.2) is 19.7 Å². The number of fused-ring (bicyclic) bond motifs is 1. The summed E-state index contributed by atoms with van der Waals surface area (Å²) in [7, 11) is 1.82. The molecule has 0 amide bonds. The van der Waals surface area contributed by atoms with E-state index < -0.39 is 0 Å². The quantitative estimate of drug-likeness (QED) is 0.604. The lowest BCUT2D eigenvalue weighted by Crippen LogP contribution is -1.91. The van der Waals surface area contributed by atoms with Gasteiger partial charge in [-0.25, -0.2) is 9.97 Å². The molecule has 0 spiro atoms. The maximum atomic E-state index is 5.62. The van der Waals surface area contributed by atoms with Gasteiger partial charge in [0, 0.05) is 7.05 Å². The standard InChI is InChI=1S/C7H9N5/c1-4-9-3-5-6(10-4)7(8)11-12(5)2/h3H,1-2H3,(H2,8,11). The van der Waals surface area contributed by atoms with E-state index >= 15 is 0 Å². The van der Waals surface area contributed by atoms with E-state index in [1.54, 1.807) is 10.9 Å². The van der Waals surface area contributed by atoms with Crippen molar-refractivity contribution in [3.05, 3.63) is 12.0 Å². The Morgan fingerprint density at radius 3 is 3.00 bits per heavy atom. The Morgan fingerprint density at radius 1 is 1.50 bits per heavy atom. The molecule has 0 aliphatic heterocycles. The second kappa shape index (κ2) is 2.17. The van der Waals surface area contributed by atoms with Crippen molar-refractivity contribution in [2.45, 2.75) is 6.92 Å². The second-order valence-electron chi connectivity index (χ2n) is 2.66. The highest BCUT2D eigenvalue weighted by Gasteiger charge is 2.06. The predicted octanol–water partition coefficient (Wildman–Crippen LogP) is 0.254. The molecule has 0 saturated heterocycles. The molecule has 0 aromatic carbocycles. The minimum atomic E-state index is 0.456.